The van der Waals surface area contributed by atoms with E-state index in [0.717, 1.165) is 11.0 Å². The minimum absolute atomic E-state index is 0.0176. The van der Waals surface area contributed by atoms with Crippen molar-refractivity contribution in [1.29, 1.82) is 0 Å². The molecule has 1 aliphatic heterocycles. The van der Waals surface area contributed by atoms with Crippen molar-refractivity contribution in [1.82, 2.24) is 19.7 Å². The minimum Gasteiger partial charge on any atom is -0.472 e. The van der Waals surface area contributed by atoms with Crippen LogP contribution in [-0.4, -0.2) is 38.7 Å². The number of nitrogens with zero attached hydrogens (tertiary/aromatic N) is 5. The van der Waals surface area contributed by atoms with Crippen LogP contribution in [0.5, 0.6) is 5.88 Å². The third-order valence-electron chi connectivity index (χ3n) is 5.20. The molecular weight excluding hydrogens is 449 g/mol. The Morgan fingerprint density at radius 3 is 2.64 bits per heavy atom. The third kappa shape index (κ3) is 4.78. The van der Waals surface area contributed by atoms with Gasteiger partial charge in [-0.3, -0.25) is 9.69 Å². The summed E-state index contributed by atoms with van der Waals surface area (Å²) in [6, 6.07) is 6.39. The van der Waals surface area contributed by atoms with Gasteiger partial charge in [0.05, 0.1) is 12.1 Å². The number of ether oxygens (including phenoxy) is 1. The Morgan fingerprint density at radius 2 is 1.97 bits per heavy atom. The fraction of sp³-hybridized carbons (Fsp3) is 0.333. The molecule has 0 radical (unpaired) electrons. The Labute approximate surface area is 184 Å². The predicted octanol–water partition coefficient (Wildman–Crippen LogP) is 3.82. The first-order chi connectivity index (χ1) is 15.6. The SMILES string of the molecule is Cn1cnnc1CCc1cc(OCC(F)F)nc(N2Cc3c(cccc3C(F)(F)F)C2=O)c1. The van der Waals surface area contributed by atoms with Crippen LogP contribution in [-0.2, 0) is 32.6 Å². The largest absolute Gasteiger partial charge is 0.472 e. The third-order valence-corrected chi connectivity index (χ3v) is 5.20. The molecule has 3 aromatic rings. The van der Waals surface area contributed by atoms with Crippen molar-refractivity contribution in [2.75, 3.05) is 11.5 Å². The number of aromatic nitrogens is 4. The number of halogens is 5. The van der Waals surface area contributed by atoms with Gasteiger partial charge in [0.2, 0.25) is 5.88 Å². The number of aryl methyl sites for hydroxylation is 3. The van der Waals surface area contributed by atoms with Gasteiger partial charge in [-0.2, -0.15) is 18.2 Å². The quantitative estimate of drug-likeness (QED) is 0.494. The molecule has 0 N–H and O–H groups in total. The molecule has 1 aliphatic rings. The van der Waals surface area contributed by atoms with Gasteiger partial charge in [-0.05, 0) is 35.7 Å². The molecule has 0 atom stereocenters. The second-order valence-electron chi connectivity index (χ2n) is 7.45. The number of amides is 1. The van der Waals surface area contributed by atoms with Crippen LogP contribution in [0.2, 0.25) is 0 Å². The zero-order valence-corrected chi connectivity index (χ0v) is 17.3. The highest BCUT2D eigenvalue weighted by molar-refractivity contribution is 6.09. The molecule has 1 aromatic carbocycles. The number of anilines is 1. The van der Waals surface area contributed by atoms with Crippen LogP contribution in [0.15, 0.2) is 36.7 Å². The average molecular weight is 467 g/mol. The van der Waals surface area contributed by atoms with Crippen molar-refractivity contribution < 1.29 is 31.5 Å². The van der Waals surface area contributed by atoms with Gasteiger partial charge in [0.25, 0.3) is 12.3 Å². The van der Waals surface area contributed by atoms with E-state index >= 15 is 0 Å². The van der Waals surface area contributed by atoms with E-state index in [4.69, 9.17) is 4.74 Å². The molecule has 0 aliphatic carbocycles. The van der Waals surface area contributed by atoms with Gasteiger partial charge in [0.1, 0.15) is 18.0 Å². The molecule has 0 unspecified atom stereocenters. The number of benzene rings is 1. The smallest absolute Gasteiger partial charge is 0.416 e. The number of fused-ring (bicyclic) bond motifs is 1. The molecule has 0 saturated carbocycles. The summed E-state index contributed by atoms with van der Waals surface area (Å²) in [5, 5.41) is 7.77. The Kier molecular flexibility index (Phi) is 6.00. The topological polar surface area (TPSA) is 73.1 Å². The number of hydrogen-bond donors (Lipinski definition) is 0. The summed E-state index contributed by atoms with van der Waals surface area (Å²) in [6.07, 6.45) is -5.01. The van der Waals surface area contributed by atoms with E-state index in [1.54, 1.807) is 11.6 Å². The molecule has 12 heteroatoms. The molecule has 33 heavy (non-hydrogen) atoms. The van der Waals surface area contributed by atoms with Gasteiger partial charge in [0.15, 0.2) is 6.61 Å². The minimum atomic E-state index is -4.63. The van der Waals surface area contributed by atoms with Crippen LogP contribution in [0.1, 0.15) is 32.9 Å². The van der Waals surface area contributed by atoms with E-state index in [-0.39, 0.29) is 29.4 Å². The second kappa shape index (κ2) is 8.75. The van der Waals surface area contributed by atoms with Gasteiger partial charge in [-0.1, -0.05) is 6.07 Å². The van der Waals surface area contributed by atoms with E-state index in [0.29, 0.717) is 24.2 Å². The maximum atomic E-state index is 13.4. The summed E-state index contributed by atoms with van der Waals surface area (Å²) in [5.74, 6) is -0.124. The summed E-state index contributed by atoms with van der Waals surface area (Å²) in [6.45, 7) is -1.26. The zero-order valence-electron chi connectivity index (χ0n) is 17.3. The predicted molar refractivity (Wildman–Crippen MR) is 106 cm³/mol. The first-order valence-corrected chi connectivity index (χ1v) is 9.89. The normalized spacial score (nSPS) is 13.7. The molecule has 4 rings (SSSR count). The fourth-order valence-electron chi connectivity index (χ4n) is 3.62. The van der Waals surface area contributed by atoms with Crippen molar-refractivity contribution in [3.63, 3.8) is 0 Å². The van der Waals surface area contributed by atoms with Gasteiger partial charge >= 0.3 is 6.18 Å². The number of carbonyl (C=O) groups is 1. The van der Waals surface area contributed by atoms with E-state index in [9.17, 15) is 26.7 Å². The fourth-order valence-corrected chi connectivity index (χ4v) is 3.62. The molecule has 0 bridgehead atoms. The number of rotatable bonds is 7. The van der Waals surface area contributed by atoms with Crippen molar-refractivity contribution >= 4 is 11.7 Å². The lowest BCUT2D eigenvalue weighted by Crippen LogP contribution is -2.24. The molecule has 0 saturated heterocycles. The van der Waals surface area contributed by atoms with Gasteiger partial charge in [0, 0.05) is 25.1 Å². The van der Waals surface area contributed by atoms with Gasteiger partial charge < -0.3 is 9.30 Å². The number of carbonyl (C=O) groups excluding carboxylic acids is 1. The molecule has 174 valence electrons. The molecule has 0 fully saturated rings. The van der Waals surface area contributed by atoms with Crippen LogP contribution >= 0.6 is 0 Å². The summed E-state index contributed by atoms with van der Waals surface area (Å²) in [4.78, 5) is 18.1. The molecule has 1 amide bonds. The van der Waals surface area contributed by atoms with E-state index < -0.39 is 30.7 Å². The molecular formula is C21H18F5N5O2. The van der Waals surface area contributed by atoms with Crippen LogP contribution < -0.4 is 9.64 Å². The van der Waals surface area contributed by atoms with Crippen LogP contribution in [0.3, 0.4) is 0 Å². The van der Waals surface area contributed by atoms with Crippen molar-refractivity contribution in [3.8, 4) is 5.88 Å². The lowest BCUT2D eigenvalue weighted by molar-refractivity contribution is -0.138. The van der Waals surface area contributed by atoms with Gasteiger partial charge in [-0.15, -0.1) is 10.2 Å². The number of alkyl halides is 5. The van der Waals surface area contributed by atoms with Crippen molar-refractivity contribution in [2.24, 2.45) is 7.05 Å². The van der Waals surface area contributed by atoms with Gasteiger partial charge in [-0.25, -0.2) is 8.78 Å². The highest BCUT2D eigenvalue weighted by Gasteiger charge is 2.40. The van der Waals surface area contributed by atoms with E-state index in [2.05, 4.69) is 15.2 Å². The zero-order chi connectivity index (χ0) is 23.8. The molecule has 0 spiro atoms. The summed E-state index contributed by atoms with van der Waals surface area (Å²) >= 11 is 0. The highest BCUT2D eigenvalue weighted by Crippen LogP contribution is 2.38. The molecule has 2 aromatic heterocycles. The monoisotopic (exact) mass is 467 g/mol. The van der Waals surface area contributed by atoms with Crippen LogP contribution in [0, 0.1) is 0 Å². The summed E-state index contributed by atoms with van der Waals surface area (Å²) in [5.41, 5.74) is -0.543. The first kappa shape index (κ1) is 22.6. The van der Waals surface area contributed by atoms with Crippen LogP contribution in [0.25, 0.3) is 0 Å². The van der Waals surface area contributed by atoms with E-state index in [1.165, 1.54) is 30.6 Å². The lowest BCUT2D eigenvalue weighted by atomic mass is 10.0. The maximum absolute atomic E-state index is 13.4. The van der Waals surface area contributed by atoms with Crippen molar-refractivity contribution in [3.05, 3.63) is 64.7 Å². The van der Waals surface area contributed by atoms with Crippen LogP contribution in [0.4, 0.5) is 27.8 Å². The molecule has 3 heterocycles. The Balaban J connectivity index is 1.66. The summed E-state index contributed by atoms with van der Waals surface area (Å²) in [7, 11) is 1.77. The average Bonchev–Trinajstić information content (AvgIpc) is 3.32. The Morgan fingerprint density at radius 1 is 1.18 bits per heavy atom. The highest BCUT2D eigenvalue weighted by atomic mass is 19.4. The first-order valence-electron chi connectivity index (χ1n) is 9.89. The standard InChI is InChI=1S/C21H18F5N5O2/c1-30-11-27-29-17(30)6-5-12-7-18(28-19(8-12)33-10-16(22)23)31-9-14-13(20(31)32)3-2-4-15(14)21(24,25)26/h2-4,7-8,11,16H,5-6,9-10H2,1H3. The number of pyridine rings is 1. The Bertz CT molecular complexity index is 1180. The second-order valence-corrected chi connectivity index (χ2v) is 7.45. The molecule has 7 nitrogen and oxygen atoms in total. The van der Waals surface area contributed by atoms with E-state index in [1.807, 2.05) is 0 Å². The summed E-state index contributed by atoms with van der Waals surface area (Å²) < 4.78 is 72.3. The number of hydrogen-bond acceptors (Lipinski definition) is 5. The Hall–Kier alpha value is -3.57. The van der Waals surface area contributed by atoms with Crippen molar-refractivity contribution in [2.45, 2.75) is 32.0 Å². The maximum Gasteiger partial charge on any atom is 0.416 e. The lowest BCUT2D eigenvalue weighted by Gasteiger charge is -2.18.